The molecule has 0 aliphatic carbocycles. The molecule has 2 aromatic rings. The normalized spacial score (nSPS) is 10.5. The van der Waals surface area contributed by atoms with Gasteiger partial charge in [0.05, 0.1) is 26.1 Å². The van der Waals surface area contributed by atoms with Gasteiger partial charge in [0.15, 0.2) is 0 Å². The second kappa shape index (κ2) is 6.19. The standard InChI is InChI=1S/C13H18N4O2/c1-18-10-4-5-11(13(8-10)19-2)12-9-15-16-17(12)7-3-6-14/h4-5,8-9H,3,6-7,14H2,1-2H3. The number of methoxy groups -OCH3 is 2. The molecule has 0 atom stereocenters. The fourth-order valence-electron chi connectivity index (χ4n) is 1.88. The Balaban J connectivity index is 2.38. The summed E-state index contributed by atoms with van der Waals surface area (Å²) in [5.74, 6) is 1.48. The van der Waals surface area contributed by atoms with E-state index in [1.165, 1.54) is 0 Å². The van der Waals surface area contributed by atoms with Crippen molar-refractivity contribution in [3.8, 4) is 22.8 Å². The molecule has 0 saturated heterocycles. The minimum Gasteiger partial charge on any atom is -0.497 e. The first kappa shape index (κ1) is 13.4. The predicted molar refractivity (Wildman–Crippen MR) is 72.2 cm³/mol. The number of aromatic nitrogens is 3. The van der Waals surface area contributed by atoms with Crippen LogP contribution in [0.3, 0.4) is 0 Å². The van der Waals surface area contributed by atoms with E-state index in [-0.39, 0.29) is 0 Å². The highest BCUT2D eigenvalue weighted by Gasteiger charge is 2.12. The van der Waals surface area contributed by atoms with Gasteiger partial charge < -0.3 is 15.2 Å². The second-order valence-corrected chi connectivity index (χ2v) is 4.05. The summed E-state index contributed by atoms with van der Waals surface area (Å²) in [6.07, 6.45) is 2.58. The molecular weight excluding hydrogens is 244 g/mol. The van der Waals surface area contributed by atoms with Gasteiger partial charge in [0.25, 0.3) is 0 Å². The van der Waals surface area contributed by atoms with Gasteiger partial charge in [0.2, 0.25) is 0 Å². The number of hydrogen-bond acceptors (Lipinski definition) is 5. The van der Waals surface area contributed by atoms with Gasteiger partial charge >= 0.3 is 0 Å². The molecule has 0 bridgehead atoms. The fourth-order valence-corrected chi connectivity index (χ4v) is 1.88. The molecular formula is C13H18N4O2. The second-order valence-electron chi connectivity index (χ2n) is 4.05. The molecule has 0 aliphatic heterocycles. The van der Waals surface area contributed by atoms with Crippen LogP contribution in [0.25, 0.3) is 11.3 Å². The Morgan fingerprint density at radius 2 is 2.11 bits per heavy atom. The fraction of sp³-hybridized carbons (Fsp3) is 0.385. The summed E-state index contributed by atoms with van der Waals surface area (Å²) in [4.78, 5) is 0. The van der Waals surface area contributed by atoms with Crippen molar-refractivity contribution in [2.75, 3.05) is 20.8 Å². The van der Waals surface area contributed by atoms with Crippen LogP contribution >= 0.6 is 0 Å². The SMILES string of the molecule is COc1ccc(-c2cnnn2CCCN)c(OC)c1. The van der Waals surface area contributed by atoms with Crippen LogP contribution in [0.15, 0.2) is 24.4 Å². The first-order chi connectivity index (χ1) is 9.30. The maximum atomic E-state index is 5.53. The molecule has 102 valence electrons. The molecule has 1 aromatic carbocycles. The summed E-state index contributed by atoms with van der Waals surface area (Å²) in [5, 5.41) is 8.03. The highest BCUT2D eigenvalue weighted by molar-refractivity contribution is 5.68. The zero-order chi connectivity index (χ0) is 13.7. The van der Waals surface area contributed by atoms with Crippen LogP contribution in [0.4, 0.5) is 0 Å². The van der Waals surface area contributed by atoms with E-state index in [0.717, 1.165) is 35.7 Å². The van der Waals surface area contributed by atoms with E-state index in [4.69, 9.17) is 15.2 Å². The van der Waals surface area contributed by atoms with Crippen molar-refractivity contribution in [1.29, 1.82) is 0 Å². The van der Waals surface area contributed by atoms with Crippen LogP contribution < -0.4 is 15.2 Å². The summed E-state index contributed by atoms with van der Waals surface area (Å²) in [7, 11) is 3.26. The van der Waals surface area contributed by atoms with Gasteiger partial charge in [-0.05, 0) is 25.1 Å². The molecule has 2 N–H and O–H groups in total. The molecule has 1 heterocycles. The first-order valence-electron chi connectivity index (χ1n) is 6.11. The summed E-state index contributed by atoms with van der Waals surface area (Å²) in [6.45, 7) is 1.36. The quantitative estimate of drug-likeness (QED) is 0.849. The molecule has 6 heteroatoms. The molecule has 6 nitrogen and oxygen atoms in total. The van der Waals surface area contributed by atoms with E-state index in [1.54, 1.807) is 20.4 Å². The lowest BCUT2D eigenvalue weighted by Crippen LogP contribution is -2.08. The highest BCUT2D eigenvalue weighted by Crippen LogP contribution is 2.32. The highest BCUT2D eigenvalue weighted by atomic mass is 16.5. The number of hydrogen-bond donors (Lipinski definition) is 1. The van der Waals surface area contributed by atoms with Crippen molar-refractivity contribution in [2.24, 2.45) is 5.73 Å². The van der Waals surface area contributed by atoms with E-state index in [0.29, 0.717) is 6.54 Å². The van der Waals surface area contributed by atoms with Gasteiger partial charge in [0.1, 0.15) is 11.5 Å². The molecule has 0 aliphatic rings. The maximum absolute atomic E-state index is 5.53. The van der Waals surface area contributed by atoms with Gasteiger partial charge in [-0.25, -0.2) is 4.68 Å². The Morgan fingerprint density at radius 1 is 1.26 bits per heavy atom. The van der Waals surface area contributed by atoms with Gasteiger partial charge in [-0.3, -0.25) is 0 Å². The molecule has 1 aromatic heterocycles. The van der Waals surface area contributed by atoms with E-state index in [2.05, 4.69) is 10.3 Å². The van der Waals surface area contributed by atoms with E-state index >= 15 is 0 Å². The Labute approximate surface area is 112 Å². The zero-order valence-corrected chi connectivity index (χ0v) is 11.2. The zero-order valence-electron chi connectivity index (χ0n) is 11.2. The van der Waals surface area contributed by atoms with Crippen molar-refractivity contribution in [1.82, 2.24) is 15.0 Å². The number of ether oxygens (including phenoxy) is 2. The van der Waals surface area contributed by atoms with Crippen LogP contribution in [0, 0.1) is 0 Å². The van der Waals surface area contributed by atoms with E-state index in [9.17, 15) is 0 Å². The van der Waals surface area contributed by atoms with Gasteiger partial charge in [0, 0.05) is 18.2 Å². The van der Waals surface area contributed by atoms with Crippen molar-refractivity contribution in [3.05, 3.63) is 24.4 Å². The molecule has 0 fully saturated rings. The Kier molecular flexibility index (Phi) is 4.35. The van der Waals surface area contributed by atoms with E-state index < -0.39 is 0 Å². The summed E-state index contributed by atoms with van der Waals surface area (Å²) < 4.78 is 12.4. The van der Waals surface area contributed by atoms with Crippen molar-refractivity contribution < 1.29 is 9.47 Å². The average Bonchev–Trinajstić information content (AvgIpc) is 2.92. The first-order valence-corrected chi connectivity index (χ1v) is 6.11. The maximum Gasteiger partial charge on any atom is 0.131 e. The number of rotatable bonds is 6. The third-order valence-electron chi connectivity index (χ3n) is 2.88. The number of benzene rings is 1. The van der Waals surface area contributed by atoms with Gasteiger partial charge in [-0.15, -0.1) is 5.10 Å². The lowest BCUT2D eigenvalue weighted by molar-refractivity contribution is 0.395. The molecule has 0 saturated carbocycles. The number of nitrogens with zero attached hydrogens (tertiary/aromatic N) is 3. The largest absolute Gasteiger partial charge is 0.497 e. The minimum absolute atomic E-state index is 0.624. The van der Waals surface area contributed by atoms with Crippen LogP contribution in [0.2, 0.25) is 0 Å². The molecule has 0 amide bonds. The van der Waals surface area contributed by atoms with Crippen LogP contribution in [-0.2, 0) is 6.54 Å². The molecule has 0 spiro atoms. The lowest BCUT2D eigenvalue weighted by Gasteiger charge is -2.11. The Morgan fingerprint density at radius 3 is 2.79 bits per heavy atom. The van der Waals surface area contributed by atoms with Crippen LogP contribution in [0.5, 0.6) is 11.5 Å². The summed E-state index contributed by atoms with van der Waals surface area (Å²) in [6, 6.07) is 5.67. The monoisotopic (exact) mass is 262 g/mol. The van der Waals surface area contributed by atoms with Crippen molar-refractivity contribution in [3.63, 3.8) is 0 Å². The smallest absolute Gasteiger partial charge is 0.131 e. The van der Waals surface area contributed by atoms with E-state index in [1.807, 2.05) is 22.9 Å². The number of aryl methyl sites for hydroxylation is 1. The molecule has 19 heavy (non-hydrogen) atoms. The molecule has 0 unspecified atom stereocenters. The van der Waals surface area contributed by atoms with Gasteiger partial charge in [-0.2, -0.15) is 0 Å². The predicted octanol–water partition coefficient (Wildman–Crippen LogP) is 1.31. The third-order valence-corrected chi connectivity index (χ3v) is 2.88. The van der Waals surface area contributed by atoms with Crippen molar-refractivity contribution >= 4 is 0 Å². The minimum atomic E-state index is 0.624. The Bertz CT molecular complexity index is 539. The lowest BCUT2D eigenvalue weighted by atomic mass is 10.1. The molecule has 0 radical (unpaired) electrons. The molecule has 2 rings (SSSR count). The summed E-state index contributed by atoms with van der Waals surface area (Å²) in [5.41, 5.74) is 7.37. The number of nitrogens with two attached hydrogens (primary N) is 1. The Hall–Kier alpha value is -2.08. The topological polar surface area (TPSA) is 75.2 Å². The third kappa shape index (κ3) is 2.85. The average molecular weight is 262 g/mol. The van der Waals surface area contributed by atoms with Crippen molar-refractivity contribution in [2.45, 2.75) is 13.0 Å². The van der Waals surface area contributed by atoms with Gasteiger partial charge in [-0.1, -0.05) is 5.21 Å². The van der Waals surface area contributed by atoms with Crippen LogP contribution in [0.1, 0.15) is 6.42 Å². The summed E-state index contributed by atoms with van der Waals surface area (Å²) >= 11 is 0. The van der Waals surface area contributed by atoms with Crippen LogP contribution in [-0.4, -0.2) is 35.8 Å².